The SMILES string of the molecule is COc1cccc(CNC(=O)c2ccc(NS(=O)(=O)c3ccc(C)c(C)c3)cc2)c1. The Labute approximate surface area is 177 Å². The van der Waals surface area contributed by atoms with Crippen LogP contribution < -0.4 is 14.8 Å². The molecule has 0 heterocycles. The first-order valence-corrected chi connectivity index (χ1v) is 10.9. The lowest BCUT2D eigenvalue weighted by molar-refractivity contribution is 0.0951. The van der Waals surface area contributed by atoms with Gasteiger partial charge in [0.05, 0.1) is 12.0 Å². The van der Waals surface area contributed by atoms with Crippen LogP contribution in [0.2, 0.25) is 0 Å². The quantitative estimate of drug-likeness (QED) is 0.599. The van der Waals surface area contributed by atoms with Crippen LogP contribution in [0.3, 0.4) is 0 Å². The van der Waals surface area contributed by atoms with E-state index in [-0.39, 0.29) is 10.8 Å². The summed E-state index contributed by atoms with van der Waals surface area (Å²) in [4.78, 5) is 12.6. The lowest BCUT2D eigenvalue weighted by Crippen LogP contribution is -2.22. The van der Waals surface area contributed by atoms with E-state index in [9.17, 15) is 13.2 Å². The van der Waals surface area contributed by atoms with E-state index >= 15 is 0 Å². The fourth-order valence-electron chi connectivity index (χ4n) is 2.85. The molecule has 0 aromatic heterocycles. The minimum Gasteiger partial charge on any atom is -0.497 e. The van der Waals surface area contributed by atoms with Crippen molar-refractivity contribution < 1.29 is 17.9 Å². The standard InChI is InChI=1S/C23H24N2O4S/c1-16-7-12-22(13-17(16)2)30(27,28)25-20-10-8-19(9-11-20)23(26)24-15-18-5-4-6-21(14-18)29-3/h4-14,25H,15H2,1-3H3,(H,24,26). The van der Waals surface area contributed by atoms with Crippen molar-refractivity contribution in [1.82, 2.24) is 5.32 Å². The van der Waals surface area contributed by atoms with Gasteiger partial charge in [-0.3, -0.25) is 9.52 Å². The van der Waals surface area contributed by atoms with Gasteiger partial charge < -0.3 is 10.1 Å². The van der Waals surface area contributed by atoms with E-state index in [0.29, 0.717) is 17.8 Å². The average Bonchev–Trinajstić information content (AvgIpc) is 2.74. The van der Waals surface area contributed by atoms with E-state index in [1.807, 2.05) is 38.1 Å². The van der Waals surface area contributed by atoms with E-state index in [4.69, 9.17) is 4.74 Å². The third kappa shape index (κ3) is 5.18. The molecule has 7 heteroatoms. The summed E-state index contributed by atoms with van der Waals surface area (Å²) in [5, 5.41) is 2.84. The number of aryl methyl sites for hydroxylation is 2. The molecule has 0 fully saturated rings. The smallest absolute Gasteiger partial charge is 0.261 e. The van der Waals surface area contributed by atoms with Gasteiger partial charge in [-0.25, -0.2) is 8.42 Å². The molecule has 0 saturated heterocycles. The fraction of sp³-hybridized carbons (Fsp3) is 0.174. The number of rotatable bonds is 7. The van der Waals surface area contributed by atoms with E-state index in [1.165, 1.54) is 0 Å². The molecule has 0 spiro atoms. The maximum absolute atomic E-state index is 12.6. The Morgan fingerprint density at radius 1 is 0.933 bits per heavy atom. The summed E-state index contributed by atoms with van der Waals surface area (Å²) >= 11 is 0. The van der Waals surface area contributed by atoms with Gasteiger partial charge >= 0.3 is 0 Å². The van der Waals surface area contributed by atoms with Gasteiger partial charge in [0.2, 0.25) is 0 Å². The molecule has 0 radical (unpaired) electrons. The zero-order valence-corrected chi connectivity index (χ0v) is 17.9. The molecule has 0 aliphatic carbocycles. The predicted octanol–water partition coefficient (Wildman–Crippen LogP) is 4.04. The monoisotopic (exact) mass is 424 g/mol. The number of carbonyl (C=O) groups is 1. The molecule has 0 aliphatic rings. The summed E-state index contributed by atoms with van der Waals surface area (Å²) in [6.07, 6.45) is 0. The second-order valence-corrected chi connectivity index (χ2v) is 8.65. The molecule has 156 valence electrons. The molecule has 0 unspecified atom stereocenters. The molecule has 0 bridgehead atoms. The summed E-state index contributed by atoms with van der Waals surface area (Å²) in [6.45, 7) is 4.15. The zero-order valence-electron chi connectivity index (χ0n) is 17.1. The molecule has 0 atom stereocenters. The number of amides is 1. The highest BCUT2D eigenvalue weighted by molar-refractivity contribution is 7.92. The Morgan fingerprint density at radius 2 is 1.67 bits per heavy atom. The van der Waals surface area contributed by atoms with Crippen molar-refractivity contribution in [3.05, 3.63) is 89.0 Å². The van der Waals surface area contributed by atoms with Crippen molar-refractivity contribution >= 4 is 21.6 Å². The molecule has 2 N–H and O–H groups in total. The number of methoxy groups -OCH3 is 1. The number of nitrogens with one attached hydrogen (secondary N) is 2. The number of ether oxygens (including phenoxy) is 1. The lowest BCUT2D eigenvalue weighted by Gasteiger charge is -2.11. The van der Waals surface area contributed by atoms with Crippen LogP contribution in [0.4, 0.5) is 5.69 Å². The van der Waals surface area contributed by atoms with E-state index in [1.54, 1.807) is 49.6 Å². The summed E-state index contributed by atoms with van der Waals surface area (Å²) in [5.74, 6) is 0.476. The first-order valence-electron chi connectivity index (χ1n) is 9.40. The average molecular weight is 425 g/mol. The van der Waals surface area contributed by atoms with Gasteiger partial charge in [-0.2, -0.15) is 0 Å². The van der Waals surface area contributed by atoms with Crippen LogP contribution >= 0.6 is 0 Å². The van der Waals surface area contributed by atoms with Crippen LogP contribution in [0.5, 0.6) is 5.75 Å². The van der Waals surface area contributed by atoms with Gasteiger partial charge in [0.25, 0.3) is 15.9 Å². The van der Waals surface area contributed by atoms with Crippen molar-refractivity contribution in [3.63, 3.8) is 0 Å². The molecule has 3 aromatic rings. The lowest BCUT2D eigenvalue weighted by atomic mass is 10.1. The Morgan fingerprint density at radius 3 is 2.33 bits per heavy atom. The van der Waals surface area contributed by atoms with Gasteiger partial charge in [-0.15, -0.1) is 0 Å². The minimum atomic E-state index is -3.70. The predicted molar refractivity (Wildman–Crippen MR) is 117 cm³/mol. The van der Waals surface area contributed by atoms with E-state index < -0.39 is 10.0 Å². The van der Waals surface area contributed by atoms with Crippen molar-refractivity contribution in [2.24, 2.45) is 0 Å². The Kier molecular flexibility index (Phi) is 6.42. The molecular weight excluding hydrogens is 400 g/mol. The van der Waals surface area contributed by atoms with Crippen molar-refractivity contribution in [2.45, 2.75) is 25.3 Å². The highest BCUT2D eigenvalue weighted by Gasteiger charge is 2.15. The van der Waals surface area contributed by atoms with Crippen LogP contribution in [-0.4, -0.2) is 21.4 Å². The van der Waals surface area contributed by atoms with Gasteiger partial charge in [0.15, 0.2) is 0 Å². The van der Waals surface area contributed by atoms with Crippen molar-refractivity contribution in [3.8, 4) is 5.75 Å². The number of carbonyl (C=O) groups excluding carboxylic acids is 1. The molecular formula is C23H24N2O4S. The minimum absolute atomic E-state index is 0.200. The summed E-state index contributed by atoms with van der Waals surface area (Å²) in [5.41, 5.74) is 3.67. The first-order chi connectivity index (χ1) is 14.3. The molecule has 1 amide bonds. The maximum atomic E-state index is 12.6. The Balaban J connectivity index is 1.65. The molecule has 0 aliphatic heterocycles. The number of benzene rings is 3. The third-order valence-corrected chi connectivity index (χ3v) is 6.15. The second kappa shape index (κ2) is 9.00. The van der Waals surface area contributed by atoms with Crippen LogP contribution in [0.15, 0.2) is 71.6 Å². The largest absolute Gasteiger partial charge is 0.497 e. The summed E-state index contributed by atoms with van der Waals surface area (Å²) < 4.78 is 32.9. The molecule has 30 heavy (non-hydrogen) atoms. The van der Waals surface area contributed by atoms with Gasteiger partial charge in [-0.1, -0.05) is 18.2 Å². The van der Waals surface area contributed by atoms with Crippen LogP contribution in [0.1, 0.15) is 27.0 Å². The van der Waals surface area contributed by atoms with Crippen molar-refractivity contribution in [1.29, 1.82) is 0 Å². The fourth-order valence-corrected chi connectivity index (χ4v) is 3.99. The molecule has 3 aromatic carbocycles. The molecule has 6 nitrogen and oxygen atoms in total. The Bertz CT molecular complexity index is 1160. The number of hydrogen-bond acceptors (Lipinski definition) is 4. The zero-order chi connectivity index (χ0) is 21.7. The third-order valence-electron chi connectivity index (χ3n) is 4.78. The van der Waals surface area contributed by atoms with Crippen LogP contribution in [0, 0.1) is 13.8 Å². The first kappa shape index (κ1) is 21.4. The maximum Gasteiger partial charge on any atom is 0.261 e. The van der Waals surface area contributed by atoms with Gasteiger partial charge in [0, 0.05) is 17.8 Å². The van der Waals surface area contributed by atoms with E-state index in [2.05, 4.69) is 10.0 Å². The molecule has 0 saturated carbocycles. The van der Waals surface area contributed by atoms with Crippen molar-refractivity contribution in [2.75, 3.05) is 11.8 Å². The Hall–Kier alpha value is -3.32. The number of anilines is 1. The molecule has 3 rings (SSSR count). The summed E-state index contributed by atoms with van der Waals surface area (Å²) in [6, 6.07) is 18.7. The number of sulfonamides is 1. The van der Waals surface area contributed by atoms with Crippen LogP contribution in [-0.2, 0) is 16.6 Å². The van der Waals surface area contributed by atoms with E-state index in [0.717, 1.165) is 22.4 Å². The van der Waals surface area contributed by atoms with Crippen LogP contribution in [0.25, 0.3) is 0 Å². The second-order valence-electron chi connectivity index (χ2n) is 6.96. The topological polar surface area (TPSA) is 84.5 Å². The van der Waals surface area contributed by atoms with Gasteiger partial charge in [-0.05, 0) is 79.1 Å². The van der Waals surface area contributed by atoms with Gasteiger partial charge in [0.1, 0.15) is 5.75 Å². The highest BCUT2D eigenvalue weighted by Crippen LogP contribution is 2.19. The summed E-state index contributed by atoms with van der Waals surface area (Å²) in [7, 11) is -2.11. The number of hydrogen-bond donors (Lipinski definition) is 2. The normalized spacial score (nSPS) is 11.0. The highest BCUT2D eigenvalue weighted by atomic mass is 32.2.